The largest absolute Gasteiger partial charge is 0.507 e. The third-order valence-electron chi connectivity index (χ3n) is 1.84. The Morgan fingerprint density at radius 1 is 1.43 bits per heavy atom. The predicted octanol–water partition coefficient (Wildman–Crippen LogP) is 1.44. The Bertz CT molecular complexity index is 345. The topological polar surface area (TPSA) is 49.3 Å². The molecule has 1 aromatic carbocycles. The minimum Gasteiger partial charge on any atom is -0.507 e. The van der Waals surface area contributed by atoms with Crippen molar-refractivity contribution in [1.29, 1.82) is 0 Å². The molecule has 0 atom stereocenters. The van der Waals surface area contributed by atoms with Gasteiger partial charge in [-0.25, -0.2) is 0 Å². The van der Waals surface area contributed by atoms with Crippen LogP contribution in [0.25, 0.3) is 6.08 Å². The summed E-state index contributed by atoms with van der Waals surface area (Å²) in [7, 11) is 1.84. The van der Waals surface area contributed by atoms with E-state index in [1.165, 1.54) is 0 Å². The summed E-state index contributed by atoms with van der Waals surface area (Å²) in [4.78, 5) is 10.5. The Hall–Kier alpha value is -1.61. The molecule has 3 nitrogen and oxygen atoms in total. The van der Waals surface area contributed by atoms with Crippen LogP contribution in [0.4, 0.5) is 0 Å². The van der Waals surface area contributed by atoms with Crippen molar-refractivity contribution in [3.05, 3.63) is 35.4 Å². The summed E-state index contributed by atoms with van der Waals surface area (Å²) in [5, 5.41) is 12.5. The number of hydrogen-bond acceptors (Lipinski definition) is 3. The highest BCUT2D eigenvalue weighted by Gasteiger charge is 2.02. The molecule has 0 saturated carbocycles. The first-order chi connectivity index (χ1) is 6.79. The van der Waals surface area contributed by atoms with Crippen LogP contribution in [-0.4, -0.2) is 25.0 Å². The number of hydrogen-bond donors (Lipinski definition) is 2. The number of nitrogens with one attached hydrogen (secondary N) is 1. The highest BCUT2D eigenvalue weighted by Crippen LogP contribution is 2.21. The minimum absolute atomic E-state index is 0.0369. The quantitative estimate of drug-likeness (QED) is 0.708. The lowest BCUT2D eigenvalue weighted by Crippen LogP contribution is -2.03. The van der Waals surface area contributed by atoms with Crippen molar-refractivity contribution >= 4 is 12.4 Å². The van der Waals surface area contributed by atoms with E-state index in [1.807, 2.05) is 13.1 Å². The first-order valence-corrected chi connectivity index (χ1v) is 4.38. The molecule has 0 radical (unpaired) electrons. The van der Waals surface area contributed by atoms with E-state index in [0.717, 1.165) is 6.54 Å². The lowest BCUT2D eigenvalue weighted by molar-refractivity contribution is 0.112. The molecule has 0 heterocycles. The SMILES string of the molecule is CNCC=Cc1cccc(C=O)c1O. The van der Waals surface area contributed by atoms with Crippen molar-refractivity contribution in [3.8, 4) is 5.75 Å². The van der Waals surface area contributed by atoms with Gasteiger partial charge >= 0.3 is 0 Å². The molecule has 0 bridgehead atoms. The molecule has 0 aromatic heterocycles. The summed E-state index contributed by atoms with van der Waals surface area (Å²) < 4.78 is 0. The summed E-state index contributed by atoms with van der Waals surface area (Å²) >= 11 is 0. The smallest absolute Gasteiger partial charge is 0.153 e. The average Bonchev–Trinajstić information content (AvgIpc) is 2.21. The van der Waals surface area contributed by atoms with Gasteiger partial charge in [0.25, 0.3) is 0 Å². The maximum atomic E-state index is 10.5. The van der Waals surface area contributed by atoms with E-state index in [4.69, 9.17) is 0 Å². The molecule has 0 unspecified atom stereocenters. The van der Waals surface area contributed by atoms with Crippen LogP contribution in [0.5, 0.6) is 5.75 Å². The van der Waals surface area contributed by atoms with Crippen molar-refractivity contribution < 1.29 is 9.90 Å². The molecule has 2 N–H and O–H groups in total. The standard InChI is InChI=1S/C11H13NO2/c1-12-7-3-6-9-4-2-5-10(8-13)11(9)14/h2-6,8,12,14H,7H2,1H3. The van der Waals surface area contributed by atoms with Gasteiger partial charge in [0.1, 0.15) is 5.75 Å². The average molecular weight is 191 g/mol. The zero-order valence-corrected chi connectivity index (χ0v) is 8.03. The predicted molar refractivity (Wildman–Crippen MR) is 56.5 cm³/mol. The second kappa shape index (κ2) is 5.19. The maximum Gasteiger partial charge on any atom is 0.153 e. The van der Waals surface area contributed by atoms with Crippen molar-refractivity contribution in [1.82, 2.24) is 5.32 Å². The number of rotatable bonds is 4. The molecule has 3 heteroatoms. The van der Waals surface area contributed by atoms with Gasteiger partial charge in [-0.2, -0.15) is 0 Å². The van der Waals surface area contributed by atoms with Crippen LogP contribution in [-0.2, 0) is 0 Å². The third-order valence-corrected chi connectivity index (χ3v) is 1.84. The summed E-state index contributed by atoms with van der Waals surface area (Å²) in [6, 6.07) is 5.08. The molecular formula is C11H13NO2. The first kappa shape index (κ1) is 10.5. The molecular weight excluding hydrogens is 178 g/mol. The lowest BCUT2D eigenvalue weighted by Gasteiger charge is -2.00. The van der Waals surface area contributed by atoms with Gasteiger partial charge in [-0.05, 0) is 13.1 Å². The number of phenols is 1. The number of carbonyl (C=O) groups is 1. The Morgan fingerprint density at radius 3 is 2.79 bits per heavy atom. The summed E-state index contributed by atoms with van der Waals surface area (Å²) in [6.45, 7) is 0.727. The Kier molecular flexibility index (Phi) is 3.88. The van der Waals surface area contributed by atoms with Crippen LogP contribution in [0, 0.1) is 0 Å². The maximum absolute atomic E-state index is 10.5. The summed E-state index contributed by atoms with van der Waals surface area (Å²) in [5.74, 6) is 0.0369. The van der Waals surface area contributed by atoms with Crippen LogP contribution in [0.2, 0.25) is 0 Å². The van der Waals surface area contributed by atoms with E-state index in [1.54, 1.807) is 24.3 Å². The highest BCUT2D eigenvalue weighted by atomic mass is 16.3. The Labute approximate surface area is 83.1 Å². The van der Waals surface area contributed by atoms with Crippen molar-refractivity contribution in [2.24, 2.45) is 0 Å². The molecule has 0 aliphatic heterocycles. The normalized spacial score (nSPS) is 10.6. The van der Waals surface area contributed by atoms with Gasteiger partial charge in [0.2, 0.25) is 0 Å². The lowest BCUT2D eigenvalue weighted by atomic mass is 10.1. The molecule has 0 aliphatic carbocycles. The van der Waals surface area contributed by atoms with E-state index in [0.29, 0.717) is 17.4 Å². The molecule has 1 rings (SSSR count). The second-order valence-corrected chi connectivity index (χ2v) is 2.86. The highest BCUT2D eigenvalue weighted by molar-refractivity contribution is 5.82. The van der Waals surface area contributed by atoms with Crippen molar-refractivity contribution in [2.45, 2.75) is 0 Å². The number of aromatic hydroxyl groups is 1. The summed E-state index contributed by atoms with van der Waals surface area (Å²) in [6.07, 6.45) is 4.30. The minimum atomic E-state index is 0.0369. The molecule has 0 saturated heterocycles. The molecule has 0 fully saturated rings. The number of para-hydroxylation sites is 1. The third kappa shape index (κ3) is 2.44. The number of phenolic OH excluding ortho intramolecular Hbond substituents is 1. The fourth-order valence-electron chi connectivity index (χ4n) is 1.11. The molecule has 0 amide bonds. The zero-order valence-electron chi connectivity index (χ0n) is 8.03. The Balaban J connectivity index is 2.92. The van der Waals surface area contributed by atoms with Gasteiger partial charge in [0.15, 0.2) is 6.29 Å². The molecule has 74 valence electrons. The second-order valence-electron chi connectivity index (χ2n) is 2.86. The van der Waals surface area contributed by atoms with Crippen LogP contribution in [0.1, 0.15) is 15.9 Å². The van der Waals surface area contributed by atoms with Gasteiger partial charge in [-0.15, -0.1) is 0 Å². The van der Waals surface area contributed by atoms with E-state index < -0.39 is 0 Å². The number of likely N-dealkylation sites (N-methyl/N-ethyl adjacent to an activating group) is 1. The number of aldehydes is 1. The van der Waals surface area contributed by atoms with E-state index in [2.05, 4.69) is 5.32 Å². The van der Waals surface area contributed by atoms with Gasteiger partial charge in [0.05, 0.1) is 5.56 Å². The van der Waals surface area contributed by atoms with Crippen molar-refractivity contribution in [2.75, 3.05) is 13.6 Å². The van der Waals surface area contributed by atoms with E-state index in [9.17, 15) is 9.90 Å². The summed E-state index contributed by atoms with van der Waals surface area (Å²) in [5.41, 5.74) is 0.974. The Morgan fingerprint density at radius 2 is 2.14 bits per heavy atom. The fraction of sp³-hybridized carbons (Fsp3) is 0.182. The van der Waals surface area contributed by atoms with Crippen LogP contribution in [0.3, 0.4) is 0 Å². The molecule has 0 spiro atoms. The van der Waals surface area contributed by atoms with Crippen LogP contribution >= 0.6 is 0 Å². The van der Waals surface area contributed by atoms with Crippen molar-refractivity contribution in [3.63, 3.8) is 0 Å². The molecule has 0 aliphatic rings. The van der Waals surface area contributed by atoms with Gasteiger partial charge in [0, 0.05) is 12.1 Å². The first-order valence-electron chi connectivity index (χ1n) is 4.38. The number of carbonyl (C=O) groups excluding carboxylic acids is 1. The van der Waals surface area contributed by atoms with E-state index in [-0.39, 0.29) is 5.75 Å². The van der Waals surface area contributed by atoms with Crippen LogP contribution < -0.4 is 5.32 Å². The van der Waals surface area contributed by atoms with Gasteiger partial charge in [-0.3, -0.25) is 4.79 Å². The van der Waals surface area contributed by atoms with Gasteiger partial charge < -0.3 is 10.4 Å². The van der Waals surface area contributed by atoms with Crippen LogP contribution in [0.15, 0.2) is 24.3 Å². The zero-order chi connectivity index (χ0) is 10.4. The molecule has 14 heavy (non-hydrogen) atoms. The fourth-order valence-corrected chi connectivity index (χ4v) is 1.11. The number of benzene rings is 1. The monoisotopic (exact) mass is 191 g/mol. The van der Waals surface area contributed by atoms with E-state index >= 15 is 0 Å². The van der Waals surface area contributed by atoms with Gasteiger partial charge in [-0.1, -0.05) is 24.3 Å². The molecule has 1 aromatic rings.